The molecule has 0 unspecified atom stereocenters. The van der Waals surface area contributed by atoms with Crippen molar-refractivity contribution in [2.45, 2.75) is 19.0 Å². The lowest BCUT2D eigenvalue weighted by atomic mass is 9.99. The van der Waals surface area contributed by atoms with Gasteiger partial charge in [-0.25, -0.2) is 8.42 Å². The highest BCUT2D eigenvalue weighted by atomic mass is 32.2. The third-order valence-electron chi connectivity index (χ3n) is 4.08. The van der Waals surface area contributed by atoms with Crippen molar-refractivity contribution in [3.8, 4) is 0 Å². The van der Waals surface area contributed by atoms with E-state index < -0.39 is 27.5 Å². The Morgan fingerprint density at radius 3 is 2.46 bits per heavy atom. The van der Waals surface area contributed by atoms with Crippen LogP contribution in [0.4, 0.5) is 18.9 Å². The zero-order chi connectivity index (χ0) is 19.4. The smallest absolute Gasteiger partial charge is 0.381 e. The van der Waals surface area contributed by atoms with Crippen LogP contribution in [0.15, 0.2) is 24.3 Å². The maximum atomic E-state index is 13.2. The highest BCUT2D eigenvalue weighted by molar-refractivity contribution is 7.92. The maximum absolute atomic E-state index is 13.2. The molecule has 0 atom stereocenters. The quantitative estimate of drug-likeness (QED) is 0.801. The number of halogens is 3. The van der Waals surface area contributed by atoms with Crippen molar-refractivity contribution in [1.29, 1.82) is 0 Å². The predicted octanol–water partition coefficient (Wildman–Crippen LogP) is 2.01. The largest absolute Gasteiger partial charge is 0.418 e. The lowest BCUT2D eigenvalue weighted by Gasteiger charge is -2.26. The fourth-order valence-electron chi connectivity index (χ4n) is 2.78. The summed E-state index contributed by atoms with van der Waals surface area (Å²) in [5.41, 5.74) is -1.50. The van der Waals surface area contributed by atoms with Crippen molar-refractivity contribution in [3.63, 3.8) is 0 Å². The van der Waals surface area contributed by atoms with Gasteiger partial charge in [0.05, 0.1) is 24.1 Å². The molecule has 0 bridgehead atoms. The van der Waals surface area contributed by atoms with E-state index in [1.807, 2.05) is 0 Å². The molecule has 1 N–H and O–H groups in total. The predicted molar refractivity (Wildman–Crippen MR) is 90.2 cm³/mol. The van der Waals surface area contributed by atoms with Crippen molar-refractivity contribution >= 4 is 21.6 Å². The summed E-state index contributed by atoms with van der Waals surface area (Å²) in [6.07, 6.45) is -2.72. The number of hydrogen-bond acceptors (Lipinski definition) is 4. The van der Waals surface area contributed by atoms with Crippen molar-refractivity contribution in [2.75, 3.05) is 36.9 Å². The van der Waals surface area contributed by atoms with Crippen LogP contribution in [0.5, 0.6) is 0 Å². The van der Waals surface area contributed by atoms with Crippen molar-refractivity contribution < 1.29 is 31.1 Å². The number of nitrogens with one attached hydrogen (secondary N) is 1. The molecule has 1 fully saturated rings. The Kier molecular flexibility index (Phi) is 6.51. The first-order valence-electron chi connectivity index (χ1n) is 8.10. The standard InChI is InChI=1S/C16H21F3N2O4S/c1-26(23,24)21(14-5-3-2-4-13(14)16(17,18)19)9-8-20-15(22)12-6-10-25-11-7-12/h2-5,12H,6-11H2,1H3,(H,20,22). The van der Waals surface area contributed by atoms with Gasteiger partial charge in [0.1, 0.15) is 0 Å². The Bertz CT molecular complexity index is 731. The Labute approximate surface area is 150 Å². The van der Waals surface area contributed by atoms with Gasteiger partial charge in [-0.2, -0.15) is 13.2 Å². The molecular weight excluding hydrogens is 373 g/mol. The van der Waals surface area contributed by atoms with E-state index in [1.54, 1.807) is 0 Å². The lowest BCUT2D eigenvalue weighted by molar-refractivity contribution is -0.137. The minimum absolute atomic E-state index is 0.0878. The number of nitrogens with zero attached hydrogens (tertiary/aromatic N) is 1. The number of amides is 1. The average molecular weight is 394 g/mol. The molecule has 0 saturated carbocycles. The topological polar surface area (TPSA) is 75.7 Å². The van der Waals surface area contributed by atoms with Crippen molar-refractivity contribution in [2.24, 2.45) is 5.92 Å². The van der Waals surface area contributed by atoms with Gasteiger partial charge >= 0.3 is 6.18 Å². The van der Waals surface area contributed by atoms with Crippen LogP contribution in [-0.4, -0.2) is 46.9 Å². The van der Waals surface area contributed by atoms with Crippen molar-refractivity contribution in [3.05, 3.63) is 29.8 Å². The summed E-state index contributed by atoms with van der Waals surface area (Å²) in [6, 6.07) is 4.46. The van der Waals surface area contributed by atoms with Crippen molar-refractivity contribution in [1.82, 2.24) is 5.32 Å². The third-order valence-corrected chi connectivity index (χ3v) is 5.26. The van der Waals surface area contributed by atoms with Crippen LogP contribution in [-0.2, 0) is 25.7 Å². The van der Waals surface area contributed by atoms with E-state index in [-0.39, 0.29) is 24.9 Å². The molecule has 1 aromatic carbocycles. The fourth-order valence-corrected chi connectivity index (χ4v) is 3.72. The number of benzene rings is 1. The number of sulfonamides is 1. The Morgan fingerprint density at radius 2 is 1.88 bits per heavy atom. The van der Waals surface area contributed by atoms with E-state index in [2.05, 4.69) is 5.32 Å². The summed E-state index contributed by atoms with van der Waals surface area (Å²) < 4.78 is 69.4. The fraction of sp³-hybridized carbons (Fsp3) is 0.562. The molecule has 0 spiro atoms. The van der Waals surface area contributed by atoms with Crippen LogP contribution in [0.25, 0.3) is 0 Å². The molecule has 0 aromatic heterocycles. The van der Waals surface area contributed by atoms with Crippen LogP contribution in [0, 0.1) is 5.92 Å². The van der Waals surface area contributed by atoms with Gasteiger partial charge in [-0.15, -0.1) is 0 Å². The summed E-state index contributed by atoms with van der Waals surface area (Å²) >= 11 is 0. The second kappa shape index (κ2) is 8.26. The molecule has 26 heavy (non-hydrogen) atoms. The summed E-state index contributed by atoms with van der Waals surface area (Å²) in [5, 5.41) is 2.60. The minimum Gasteiger partial charge on any atom is -0.381 e. The van der Waals surface area contributed by atoms with E-state index in [4.69, 9.17) is 4.74 Å². The number of para-hydroxylation sites is 1. The van der Waals surface area contributed by atoms with Crippen LogP contribution < -0.4 is 9.62 Å². The molecule has 1 aliphatic rings. The number of carbonyl (C=O) groups is 1. The van der Waals surface area contributed by atoms with E-state index in [0.29, 0.717) is 30.4 Å². The van der Waals surface area contributed by atoms with Crippen LogP contribution in [0.2, 0.25) is 0 Å². The molecule has 1 heterocycles. The average Bonchev–Trinajstić information content (AvgIpc) is 2.57. The molecule has 146 valence electrons. The molecule has 1 amide bonds. The van der Waals surface area contributed by atoms with E-state index in [9.17, 15) is 26.4 Å². The SMILES string of the molecule is CS(=O)(=O)N(CCNC(=O)C1CCOCC1)c1ccccc1C(F)(F)F. The first kappa shape index (κ1) is 20.5. The van der Waals surface area contributed by atoms with Gasteiger partial charge in [0.25, 0.3) is 0 Å². The highest BCUT2D eigenvalue weighted by Crippen LogP contribution is 2.37. The maximum Gasteiger partial charge on any atom is 0.418 e. The Morgan fingerprint density at radius 1 is 1.27 bits per heavy atom. The summed E-state index contributed by atoms with van der Waals surface area (Å²) in [7, 11) is -3.96. The molecule has 0 aliphatic carbocycles. The minimum atomic E-state index is -4.69. The lowest BCUT2D eigenvalue weighted by Crippen LogP contribution is -2.41. The molecule has 1 aliphatic heterocycles. The summed E-state index contributed by atoms with van der Waals surface area (Å²) in [5.74, 6) is -0.469. The molecule has 1 aromatic rings. The zero-order valence-electron chi connectivity index (χ0n) is 14.3. The van der Waals surface area contributed by atoms with Crippen LogP contribution in [0.1, 0.15) is 18.4 Å². The van der Waals surface area contributed by atoms with Gasteiger partial charge in [-0.05, 0) is 25.0 Å². The number of carbonyl (C=O) groups excluding carboxylic acids is 1. The van der Waals surface area contributed by atoms with E-state index >= 15 is 0 Å². The Balaban J connectivity index is 2.11. The van der Waals surface area contributed by atoms with Gasteiger partial charge in [0, 0.05) is 25.7 Å². The molecule has 1 saturated heterocycles. The van der Waals surface area contributed by atoms with Gasteiger partial charge in [-0.1, -0.05) is 12.1 Å². The highest BCUT2D eigenvalue weighted by Gasteiger charge is 2.36. The number of hydrogen-bond donors (Lipinski definition) is 1. The Hall–Kier alpha value is -1.81. The second-order valence-electron chi connectivity index (χ2n) is 6.03. The van der Waals surface area contributed by atoms with Crippen LogP contribution >= 0.6 is 0 Å². The van der Waals surface area contributed by atoms with Gasteiger partial charge in [-0.3, -0.25) is 9.10 Å². The third kappa shape index (κ3) is 5.34. The monoisotopic (exact) mass is 394 g/mol. The molecule has 6 nitrogen and oxygen atoms in total. The number of alkyl halides is 3. The number of rotatable bonds is 6. The molecular formula is C16H21F3N2O4S. The normalized spacial score (nSPS) is 16.3. The molecule has 0 radical (unpaired) electrons. The van der Waals surface area contributed by atoms with Gasteiger partial charge < -0.3 is 10.1 Å². The summed E-state index contributed by atoms with van der Waals surface area (Å²) in [6.45, 7) is 0.579. The first-order valence-corrected chi connectivity index (χ1v) is 9.95. The van der Waals surface area contributed by atoms with E-state index in [0.717, 1.165) is 18.4 Å². The van der Waals surface area contributed by atoms with Gasteiger partial charge in [0.2, 0.25) is 15.9 Å². The second-order valence-corrected chi connectivity index (χ2v) is 7.93. The van der Waals surface area contributed by atoms with Crippen LogP contribution in [0.3, 0.4) is 0 Å². The number of anilines is 1. The summed E-state index contributed by atoms with van der Waals surface area (Å²) in [4.78, 5) is 12.1. The number of ether oxygens (including phenoxy) is 1. The first-order chi connectivity index (χ1) is 12.1. The molecule has 2 rings (SSSR count). The van der Waals surface area contributed by atoms with E-state index in [1.165, 1.54) is 12.1 Å². The zero-order valence-corrected chi connectivity index (χ0v) is 15.1. The molecule has 10 heteroatoms. The van der Waals surface area contributed by atoms with Gasteiger partial charge in [0.15, 0.2) is 0 Å².